The van der Waals surface area contributed by atoms with E-state index in [0.29, 0.717) is 35.6 Å². The Hall–Kier alpha value is -3.48. The van der Waals surface area contributed by atoms with Crippen LogP contribution >= 0.6 is 0 Å². The number of ether oxygens (including phenoxy) is 2. The van der Waals surface area contributed by atoms with Crippen molar-refractivity contribution in [3.05, 3.63) is 94.0 Å². The van der Waals surface area contributed by atoms with Gasteiger partial charge in [-0.15, -0.1) is 0 Å². The van der Waals surface area contributed by atoms with Crippen LogP contribution in [-0.2, 0) is 19.0 Å². The highest BCUT2D eigenvalue weighted by Gasteiger charge is 2.36. The highest BCUT2D eigenvalue weighted by Crippen LogP contribution is 2.42. The predicted molar refractivity (Wildman–Crippen MR) is 123 cm³/mol. The number of rotatable bonds is 5. The molecular weight excluding hydrogens is 443 g/mol. The lowest BCUT2D eigenvalue weighted by molar-refractivity contribution is -0.137. The summed E-state index contributed by atoms with van der Waals surface area (Å²) in [5.74, 6) is 0.768. The van der Waals surface area contributed by atoms with E-state index < -0.39 is 17.8 Å². The van der Waals surface area contributed by atoms with Gasteiger partial charge in [0.25, 0.3) is 5.91 Å². The SMILES string of the molecule is CCc1ccc(C(=O)N2CCc3cc(OC)c(OC)cc3C2c2cccc(C(F)(F)F)c2)cc1. The molecule has 0 N–H and O–H groups in total. The van der Waals surface area contributed by atoms with E-state index in [1.807, 2.05) is 25.1 Å². The summed E-state index contributed by atoms with van der Waals surface area (Å²) in [5.41, 5.74) is 2.87. The second-order valence-electron chi connectivity index (χ2n) is 8.23. The Bertz CT molecular complexity index is 1190. The summed E-state index contributed by atoms with van der Waals surface area (Å²) in [6.45, 7) is 2.39. The molecule has 1 aliphatic heterocycles. The van der Waals surface area contributed by atoms with Crippen LogP contribution in [0.25, 0.3) is 0 Å². The van der Waals surface area contributed by atoms with E-state index >= 15 is 0 Å². The van der Waals surface area contributed by atoms with Crippen molar-refractivity contribution in [2.24, 2.45) is 0 Å². The maximum Gasteiger partial charge on any atom is 0.416 e. The molecule has 34 heavy (non-hydrogen) atoms. The summed E-state index contributed by atoms with van der Waals surface area (Å²) < 4.78 is 51.5. The molecule has 0 spiro atoms. The molecule has 3 aromatic rings. The van der Waals surface area contributed by atoms with E-state index in [2.05, 4.69) is 0 Å². The summed E-state index contributed by atoms with van der Waals surface area (Å²) in [6, 6.07) is 15.4. The summed E-state index contributed by atoms with van der Waals surface area (Å²) in [7, 11) is 3.04. The van der Waals surface area contributed by atoms with Crippen LogP contribution in [0.4, 0.5) is 13.2 Å². The first-order valence-electron chi connectivity index (χ1n) is 11.1. The van der Waals surface area contributed by atoms with Crippen molar-refractivity contribution in [2.75, 3.05) is 20.8 Å². The Balaban J connectivity index is 1.86. The van der Waals surface area contributed by atoms with E-state index in [0.717, 1.165) is 35.2 Å². The normalized spacial score (nSPS) is 15.6. The summed E-state index contributed by atoms with van der Waals surface area (Å²) in [6.07, 6.45) is -3.10. The van der Waals surface area contributed by atoms with Gasteiger partial charge in [0.1, 0.15) is 0 Å². The second kappa shape index (κ2) is 9.41. The smallest absolute Gasteiger partial charge is 0.416 e. The van der Waals surface area contributed by atoms with Crippen LogP contribution in [0.3, 0.4) is 0 Å². The third-order valence-corrected chi connectivity index (χ3v) is 6.27. The zero-order valence-electron chi connectivity index (χ0n) is 19.3. The summed E-state index contributed by atoms with van der Waals surface area (Å²) >= 11 is 0. The Morgan fingerprint density at radius 1 is 1.00 bits per heavy atom. The van der Waals surface area contributed by atoms with E-state index in [9.17, 15) is 18.0 Å². The van der Waals surface area contributed by atoms with Gasteiger partial charge in [0.15, 0.2) is 11.5 Å². The van der Waals surface area contributed by atoms with E-state index in [1.54, 1.807) is 29.2 Å². The molecule has 178 valence electrons. The van der Waals surface area contributed by atoms with Gasteiger partial charge in [-0.2, -0.15) is 13.2 Å². The topological polar surface area (TPSA) is 38.8 Å². The Morgan fingerprint density at radius 3 is 2.29 bits per heavy atom. The highest BCUT2D eigenvalue weighted by molar-refractivity contribution is 5.95. The fourth-order valence-electron chi connectivity index (χ4n) is 4.46. The number of halogens is 3. The number of hydrogen-bond acceptors (Lipinski definition) is 3. The minimum atomic E-state index is -4.49. The first-order valence-corrected chi connectivity index (χ1v) is 11.1. The number of aryl methyl sites for hydroxylation is 1. The van der Waals surface area contributed by atoms with E-state index in [1.165, 1.54) is 20.3 Å². The largest absolute Gasteiger partial charge is 0.493 e. The monoisotopic (exact) mass is 469 g/mol. The van der Waals surface area contributed by atoms with Crippen LogP contribution < -0.4 is 9.47 Å². The number of alkyl halides is 3. The van der Waals surface area contributed by atoms with Gasteiger partial charge in [-0.25, -0.2) is 0 Å². The summed E-state index contributed by atoms with van der Waals surface area (Å²) in [5, 5.41) is 0. The number of methoxy groups -OCH3 is 2. The van der Waals surface area contributed by atoms with Gasteiger partial charge in [0.05, 0.1) is 25.8 Å². The fourth-order valence-corrected chi connectivity index (χ4v) is 4.46. The molecular formula is C27H26F3NO3. The maximum absolute atomic E-state index is 13.6. The Morgan fingerprint density at radius 2 is 1.68 bits per heavy atom. The van der Waals surface area contributed by atoms with Crippen molar-refractivity contribution < 1.29 is 27.4 Å². The Kier molecular flexibility index (Phi) is 6.55. The lowest BCUT2D eigenvalue weighted by Gasteiger charge is -2.38. The standard InChI is InChI=1S/C27H26F3NO3/c1-4-17-8-10-18(11-9-17)26(32)31-13-12-19-15-23(33-2)24(34-3)16-22(19)25(31)20-6-5-7-21(14-20)27(28,29)30/h5-11,14-16,25H,4,12-13H2,1-3H3. The molecule has 0 saturated heterocycles. The van der Waals surface area contributed by atoms with Gasteiger partial charge >= 0.3 is 6.18 Å². The predicted octanol–water partition coefficient (Wildman–Crippen LogP) is 6.07. The minimum Gasteiger partial charge on any atom is -0.493 e. The lowest BCUT2D eigenvalue weighted by atomic mass is 9.86. The van der Waals surface area contributed by atoms with Gasteiger partial charge in [-0.1, -0.05) is 31.2 Å². The third-order valence-electron chi connectivity index (χ3n) is 6.27. The Labute approximate surface area is 196 Å². The molecule has 7 heteroatoms. The molecule has 0 aliphatic carbocycles. The second-order valence-corrected chi connectivity index (χ2v) is 8.23. The van der Waals surface area contributed by atoms with Gasteiger partial charge in [-0.3, -0.25) is 4.79 Å². The van der Waals surface area contributed by atoms with E-state index in [4.69, 9.17) is 9.47 Å². The van der Waals surface area contributed by atoms with Gasteiger partial charge in [0.2, 0.25) is 0 Å². The van der Waals surface area contributed by atoms with Crippen molar-refractivity contribution in [1.29, 1.82) is 0 Å². The molecule has 4 rings (SSSR count). The van der Waals surface area contributed by atoms with Crippen molar-refractivity contribution in [3.8, 4) is 11.5 Å². The highest BCUT2D eigenvalue weighted by atomic mass is 19.4. The molecule has 3 aromatic carbocycles. The number of amides is 1. The average Bonchev–Trinajstić information content (AvgIpc) is 2.86. The maximum atomic E-state index is 13.6. The molecule has 1 unspecified atom stereocenters. The molecule has 1 atom stereocenters. The molecule has 1 amide bonds. The molecule has 1 heterocycles. The van der Waals surface area contributed by atoms with Crippen LogP contribution in [0.15, 0.2) is 60.7 Å². The van der Waals surface area contributed by atoms with Crippen LogP contribution in [-0.4, -0.2) is 31.6 Å². The third kappa shape index (κ3) is 4.47. The number of carbonyl (C=O) groups is 1. The van der Waals surface area contributed by atoms with Crippen LogP contribution in [0.5, 0.6) is 11.5 Å². The van der Waals surface area contributed by atoms with Crippen molar-refractivity contribution in [1.82, 2.24) is 4.90 Å². The zero-order chi connectivity index (χ0) is 24.5. The fraction of sp³-hybridized carbons (Fsp3) is 0.296. The van der Waals surface area contributed by atoms with Gasteiger partial charge < -0.3 is 14.4 Å². The zero-order valence-corrected chi connectivity index (χ0v) is 19.3. The molecule has 0 radical (unpaired) electrons. The molecule has 1 aliphatic rings. The number of nitrogens with zero attached hydrogens (tertiary/aromatic N) is 1. The number of carbonyl (C=O) groups excluding carboxylic acids is 1. The first kappa shape index (κ1) is 23.7. The molecule has 0 aromatic heterocycles. The van der Waals surface area contributed by atoms with Crippen LogP contribution in [0.2, 0.25) is 0 Å². The minimum absolute atomic E-state index is 0.231. The number of fused-ring (bicyclic) bond motifs is 1. The quantitative estimate of drug-likeness (QED) is 0.455. The average molecular weight is 470 g/mol. The molecule has 0 saturated carbocycles. The van der Waals surface area contributed by atoms with Gasteiger partial charge in [0, 0.05) is 12.1 Å². The van der Waals surface area contributed by atoms with Crippen LogP contribution in [0.1, 0.15) is 51.1 Å². The summed E-state index contributed by atoms with van der Waals surface area (Å²) in [4.78, 5) is 15.2. The van der Waals surface area contributed by atoms with Crippen molar-refractivity contribution in [3.63, 3.8) is 0 Å². The van der Waals surface area contributed by atoms with E-state index in [-0.39, 0.29) is 5.91 Å². The van der Waals surface area contributed by atoms with Crippen molar-refractivity contribution in [2.45, 2.75) is 32.0 Å². The van der Waals surface area contributed by atoms with Crippen molar-refractivity contribution >= 4 is 5.91 Å². The molecule has 0 bridgehead atoms. The molecule has 0 fully saturated rings. The number of benzene rings is 3. The number of hydrogen-bond donors (Lipinski definition) is 0. The first-order chi connectivity index (χ1) is 16.3. The lowest BCUT2D eigenvalue weighted by Crippen LogP contribution is -2.40. The van der Waals surface area contributed by atoms with Gasteiger partial charge in [-0.05, 0) is 71.5 Å². The molecule has 4 nitrogen and oxygen atoms in total. The van der Waals surface area contributed by atoms with Crippen LogP contribution in [0, 0.1) is 0 Å².